The Balaban J connectivity index is 1.80. The Kier molecular flexibility index (Phi) is 3.32. The van der Waals surface area contributed by atoms with E-state index >= 15 is 0 Å². The van der Waals surface area contributed by atoms with E-state index in [9.17, 15) is 5.11 Å². The summed E-state index contributed by atoms with van der Waals surface area (Å²) in [4.78, 5) is 4.14. The van der Waals surface area contributed by atoms with Crippen LogP contribution in [0.4, 0.5) is 0 Å². The van der Waals surface area contributed by atoms with Gasteiger partial charge in [-0.15, -0.1) is 0 Å². The van der Waals surface area contributed by atoms with Crippen molar-refractivity contribution in [3.8, 4) is 0 Å². The summed E-state index contributed by atoms with van der Waals surface area (Å²) in [5.74, 6) is 0. The van der Waals surface area contributed by atoms with E-state index in [1.165, 1.54) is 11.1 Å². The summed E-state index contributed by atoms with van der Waals surface area (Å²) in [6, 6.07) is 12.4. The van der Waals surface area contributed by atoms with E-state index in [4.69, 9.17) is 0 Å². The van der Waals surface area contributed by atoms with Gasteiger partial charge in [-0.3, -0.25) is 4.98 Å². The molecule has 0 bridgehead atoms. The van der Waals surface area contributed by atoms with Gasteiger partial charge in [-0.25, -0.2) is 0 Å². The zero-order chi connectivity index (χ0) is 13.2. The second-order valence-electron chi connectivity index (χ2n) is 5.12. The van der Waals surface area contributed by atoms with Crippen LogP contribution in [0.1, 0.15) is 35.7 Å². The highest BCUT2D eigenvalue weighted by atomic mass is 16.3. The van der Waals surface area contributed by atoms with Crippen LogP contribution in [0.5, 0.6) is 0 Å². The maximum atomic E-state index is 10.2. The van der Waals surface area contributed by atoms with Gasteiger partial charge in [0.1, 0.15) is 0 Å². The Hall–Kier alpha value is -1.71. The number of aliphatic hydroxyl groups excluding tert-OH is 1. The third kappa shape index (κ3) is 2.39. The number of hydrogen-bond acceptors (Lipinski definition) is 3. The Morgan fingerprint density at radius 2 is 2.11 bits per heavy atom. The molecule has 1 heterocycles. The molecule has 0 saturated heterocycles. The fraction of sp³-hybridized carbons (Fsp3) is 0.312. The largest absolute Gasteiger partial charge is 0.391 e. The van der Waals surface area contributed by atoms with Gasteiger partial charge < -0.3 is 10.4 Å². The monoisotopic (exact) mass is 254 g/mol. The topological polar surface area (TPSA) is 45.1 Å². The number of rotatable bonds is 3. The van der Waals surface area contributed by atoms with Crippen LogP contribution in [-0.2, 0) is 6.42 Å². The molecule has 0 amide bonds. The first-order valence-electron chi connectivity index (χ1n) is 6.67. The molecule has 1 aliphatic rings. The van der Waals surface area contributed by atoms with Crippen LogP contribution in [0.15, 0.2) is 48.8 Å². The highest BCUT2D eigenvalue weighted by Gasteiger charge is 2.31. The minimum Gasteiger partial charge on any atom is -0.391 e. The molecule has 1 aliphatic carbocycles. The minimum atomic E-state index is -0.350. The zero-order valence-electron chi connectivity index (χ0n) is 11.0. The molecular formula is C16H18N2O. The van der Waals surface area contributed by atoms with Gasteiger partial charge >= 0.3 is 0 Å². The van der Waals surface area contributed by atoms with Crippen molar-refractivity contribution >= 4 is 0 Å². The zero-order valence-corrected chi connectivity index (χ0v) is 11.0. The highest BCUT2D eigenvalue weighted by molar-refractivity contribution is 5.36. The number of nitrogens with one attached hydrogen (secondary N) is 1. The Morgan fingerprint density at radius 3 is 2.89 bits per heavy atom. The van der Waals surface area contributed by atoms with Crippen molar-refractivity contribution in [2.24, 2.45) is 0 Å². The molecule has 3 atom stereocenters. The Bertz CT molecular complexity index is 556. The average Bonchev–Trinajstić information content (AvgIpc) is 2.76. The average molecular weight is 254 g/mol. The second kappa shape index (κ2) is 5.11. The Morgan fingerprint density at radius 1 is 1.26 bits per heavy atom. The van der Waals surface area contributed by atoms with Crippen LogP contribution >= 0.6 is 0 Å². The van der Waals surface area contributed by atoms with E-state index in [0.717, 1.165) is 12.0 Å². The molecule has 2 N–H and O–H groups in total. The van der Waals surface area contributed by atoms with E-state index in [0.29, 0.717) is 0 Å². The van der Waals surface area contributed by atoms with Gasteiger partial charge in [-0.1, -0.05) is 30.3 Å². The summed E-state index contributed by atoms with van der Waals surface area (Å²) in [6.45, 7) is 2.10. The van der Waals surface area contributed by atoms with Crippen molar-refractivity contribution in [3.63, 3.8) is 0 Å². The second-order valence-corrected chi connectivity index (χ2v) is 5.12. The van der Waals surface area contributed by atoms with Crippen molar-refractivity contribution in [2.75, 3.05) is 0 Å². The maximum Gasteiger partial charge on any atom is 0.0775 e. The molecule has 3 nitrogen and oxygen atoms in total. The number of fused-ring (bicyclic) bond motifs is 1. The third-order valence-electron chi connectivity index (χ3n) is 3.82. The number of aromatic nitrogens is 1. The van der Waals surface area contributed by atoms with Gasteiger partial charge in [0, 0.05) is 24.9 Å². The first-order chi connectivity index (χ1) is 9.25. The molecule has 1 aromatic carbocycles. The lowest BCUT2D eigenvalue weighted by Gasteiger charge is -2.23. The van der Waals surface area contributed by atoms with Crippen LogP contribution in [0, 0.1) is 0 Å². The molecule has 98 valence electrons. The van der Waals surface area contributed by atoms with E-state index in [2.05, 4.69) is 35.4 Å². The fourth-order valence-corrected chi connectivity index (χ4v) is 2.77. The highest BCUT2D eigenvalue weighted by Crippen LogP contribution is 2.33. The van der Waals surface area contributed by atoms with Crippen LogP contribution in [0.2, 0.25) is 0 Å². The molecule has 3 heteroatoms. The molecular weight excluding hydrogens is 236 g/mol. The first-order valence-corrected chi connectivity index (χ1v) is 6.67. The number of pyridine rings is 1. The van der Waals surface area contributed by atoms with E-state index in [-0.39, 0.29) is 18.2 Å². The van der Waals surface area contributed by atoms with Crippen LogP contribution in [0.3, 0.4) is 0 Å². The molecule has 0 radical (unpaired) electrons. The molecule has 0 fully saturated rings. The molecule has 0 spiro atoms. The van der Waals surface area contributed by atoms with Gasteiger partial charge in [0.05, 0.1) is 12.1 Å². The van der Waals surface area contributed by atoms with Gasteiger partial charge in [0.25, 0.3) is 0 Å². The predicted octanol–water partition coefficient (Wildman–Crippen LogP) is 2.39. The molecule has 2 aromatic rings. The van der Waals surface area contributed by atoms with Crippen molar-refractivity contribution in [3.05, 3.63) is 65.5 Å². The third-order valence-corrected chi connectivity index (χ3v) is 3.82. The number of aliphatic hydroxyl groups is 1. The van der Waals surface area contributed by atoms with E-state index in [1.807, 2.05) is 24.4 Å². The summed E-state index contributed by atoms with van der Waals surface area (Å²) in [5, 5.41) is 13.7. The molecule has 19 heavy (non-hydrogen) atoms. The molecule has 0 saturated carbocycles. The SMILES string of the molecule is CC(NC1c2ccccc2CC1O)c1cccnc1. The quantitative estimate of drug-likeness (QED) is 0.884. The lowest BCUT2D eigenvalue weighted by atomic mass is 10.0. The number of nitrogens with zero attached hydrogens (tertiary/aromatic N) is 1. The predicted molar refractivity (Wildman–Crippen MR) is 74.7 cm³/mol. The smallest absolute Gasteiger partial charge is 0.0775 e. The number of benzene rings is 1. The molecule has 3 rings (SSSR count). The maximum absolute atomic E-state index is 10.2. The van der Waals surface area contributed by atoms with E-state index in [1.54, 1.807) is 6.20 Å². The summed E-state index contributed by atoms with van der Waals surface area (Å²) in [6.07, 6.45) is 4.02. The lowest BCUT2D eigenvalue weighted by Crippen LogP contribution is -2.31. The van der Waals surface area contributed by atoms with Crippen molar-refractivity contribution in [1.82, 2.24) is 10.3 Å². The van der Waals surface area contributed by atoms with Crippen molar-refractivity contribution in [1.29, 1.82) is 0 Å². The van der Waals surface area contributed by atoms with Gasteiger partial charge in [0.2, 0.25) is 0 Å². The summed E-state index contributed by atoms with van der Waals surface area (Å²) in [5.41, 5.74) is 3.59. The first kappa shape index (κ1) is 12.3. The van der Waals surface area contributed by atoms with Crippen molar-refractivity contribution in [2.45, 2.75) is 31.5 Å². The van der Waals surface area contributed by atoms with Gasteiger partial charge in [-0.05, 0) is 29.7 Å². The molecule has 0 aliphatic heterocycles. The summed E-state index contributed by atoms with van der Waals surface area (Å²) in [7, 11) is 0. The lowest BCUT2D eigenvalue weighted by molar-refractivity contribution is 0.136. The van der Waals surface area contributed by atoms with Crippen LogP contribution in [-0.4, -0.2) is 16.2 Å². The van der Waals surface area contributed by atoms with Gasteiger partial charge in [0.15, 0.2) is 0 Å². The van der Waals surface area contributed by atoms with Gasteiger partial charge in [-0.2, -0.15) is 0 Å². The van der Waals surface area contributed by atoms with E-state index < -0.39 is 0 Å². The standard InChI is InChI=1S/C16H18N2O/c1-11(13-6-4-8-17-10-13)18-16-14-7-3-2-5-12(14)9-15(16)19/h2-8,10-11,15-16,18-19H,9H2,1H3. The number of hydrogen-bond donors (Lipinski definition) is 2. The molecule has 1 aromatic heterocycles. The summed E-state index contributed by atoms with van der Waals surface area (Å²) >= 11 is 0. The minimum absolute atomic E-state index is 0.00593. The fourth-order valence-electron chi connectivity index (χ4n) is 2.77. The van der Waals surface area contributed by atoms with Crippen molar-refractivity contribution < 1.29 is 5.11 Å². The van der Waals surface area contributed by atoms with Crippen LogP contribution in [0.25, 0.3) is 0 Å². The normalized spacial score (nSPS) is 23.1. The summed E-state index contributed by atoms with van der Waals surface area (Å²) < 4.78 is 0. The van der Waals surface area contributed by atoms with Crippen LogP contribution < -0.4 is 5.32 Å². The molecule has 3 unspecified atom stereocenters. The Labute approximate surface area is 113 Å².